The van der Waals surface area contributed by atoms with Crippen molar-refractivity contribution in [2.24, 2.45) is 23.7 Å². The van der Waals surface area contributed by atoms with Crippen molar-refractivity contribution in [1.29, 1.82) is 0 Å². The van der Waals surface area contributed by atoms with Gasteiger partial charge in [-0.1, -0.05) is 142 Å². The number of nitrogens with one attached hydrogen (secondary N) is 3. The van der Waals surface area contributed by atoms with Crippen LogP contribution in [0.4, 0.5) is 21.0 Å². The summed E-state index contributed by atoms with van der Waals surface area (Å²) in [5, 5.41) is 49.6. The number of halogens is 2. The number of unbranched alkanes of at least 4 members (excludes halogenated alkanes) is 1. The number of carboxylic acids is 2. The maximum atomic E-state index is 14.2. The summed E-state index contributed by atoms with van der Waals surface area (Å²) in [6.07, 6.45) is 3.80. The minimum absolute atomic E-state index is 0.0253. The van der Waals surface area contributed by atoms with E-state index in [0.29, 0.717) is 78.8 Å². The van der Waals surface area contributed by atoms with Crippen molar-refractivity contribution in [3.8, 4) is 11.5 Å². The number of ketones is 1. The maximum Gasteiger partial charge on any atom is 0.409 e. The lowest BCUT2D eigenvalue weighted by molar-refractivity contribution is -0.162. The summed E-state index contributed by atoms with van der Waals surface area (Å²) in [7, 11) is 18.0. The Morgan fingerprint density at radius 2 is 1.00 bits per heavy atom. The van der Waals surface area contributed by atoms with Gasteiger partial charge in [0.2, 0.25) is 29.5 Å². The fourth-order valence-electron chi connectivity index (χ4n) is 15.2. The zero-order chi connectivity index (χ0) is 93.6. The Bertz CT molecular complexity index is 4370. The molecule has 2 aromatic rings. The van der Waals surface area contributed by atoms with E-state index in [1.165, 1.54) is 108 Å². The monoisotopic (exact) mass is 1880 g/mol. The molecule has 0 aliphatic carbocycles. The smallest absolute Gasteiger partial charge is 0.409 e. The number of hydrogen-bond donors (Lipinski definition) is 7. The van der Waals surface area contributed by atoms with Crippen LogP contribution in [0.15, 0.2) is 71.9 Å². The SMILES string of the molecule is COc1cc2cc(c1Cl)N(C)C(=O)C[C@H](OC(=O)[C@H](C)N(C)C(=O)CCSSCCCCC(=O)CC(C)C(=O)O)[C@]1(C)O[C@@H]1[C@H](C)[C@@H]1C[C@@](O)(NC(=O)O1)[C@H](OC)/C=C/C=C(\C)C2.COc1cc2cc(c1Cl)N(C)C(=O)C[C@H](OC(=O)[C@H](C)N(C)C(=O)CCSSCCCNC(=O)C(C)CC(=O)O)[C@]1(C)O[C@@H]1[C@H](C)[C@@H]1C[C@@](O)(NC(=O)O1)[C@H](OC)/C=C/C=C(\C)C2. The van der Waals surface area contributed by atoms with Crippen LogP contribution in [0, 0.1) is 23.7 Å². The van der Waals surface area contributed by atoms with E-state index in [4.69, 9.17) is 80.8 Å². The van der Waals surface area contributed by atoms with E-state index >= 15 is 0 Å². The molecular formula is C87H123Cl2N7O26S4. The molecule has 39 heteroatoms. The lowest BCUT2D eigenvalue weighted by Gasteiger charge is -2.42. The molecule has 0 saturated carbocycles. The highest BCUT2D eigenvalue weighted by molar-refractivity contribution is 8.77. The molecular weight excluding hydrogens is 1760 g/mol. The van der Waals surface area contributed by atoms with Crippen LogP contribution in [0.5, 0.6) is 11.5 Å². The number of alkyl carbamates (subject to hydrolysis) is 2. The quantitative estimate of drug-likeness (QED) is 0.0115. The number of carbonyl (C=O) groups excluding carboxylic acids is 10. The predicted molar refractivity (Wildman–Crippen MR) is 480 cm³/mol. The number of anilines is 2. The van der Waals surface area contributed by atoms with Crippen LogP contribution in [-0.4, -0.2) is 271 Å². The molecule has 33 nitrogen and oxygen atoms in total. The summed E-state index contributed by atoms with van der Waals surface area (Å²) in [5.41, 5.74) is -2.09. The minimum Gasteiger partial charge on any atom is -0.495 e. The van der Waals surface area contributed by atoms with Gasteiger partial charge in [0.25, 0.3) is 0 Å². The summed E-state index contributed by atoms with van der Waals surface area (Å²) < 4.78 is 58.6. The highest BCUT2D eigenvalue weighted by Gasteiger charge is 2.66. The average Bonchev–Trinajstić information content (AvgIpc) is 1.57. The molecule has 18 atom stereocenters. The number of epoxide rings is 2. The van der Waals surface area contributed by atoms with Crippen LogP contribution in [-0.2, 0) is 98.7 Å². The van der Waals surface area contributed by atoms with Crippen LogP contribution in [0.25, 0.3) is 0 Å². The molecule has 0 spiro atoms. The zero-order valence-electron chi connectivity index (χ0n) is 74.7. The number of aliphatic hydroxyl groups is 2. The lowest BCUT2D eigenvalue weighted by atomic mass is 9.83. The van der Waals surface area contributed by atoms with Gasteiger partial charge in [0, 0.05) is 128 Å². The number of fused-ring (bicyclic) bond motifs is 10. The molecule has 8 bridgehead atoms. The second-order valence-corrected chi connectivity index (χ2v) is 39.3. The Kier molecular flexibility index (Phi) is 39.8. The molecule has 4 fully saturated rings. The van der Waals surface area contributed by atoms with Crippen LogP contribution < -0.4 is 35.2 Å². The number of likely N-dealkylation sites (N-methyl/N-ethyl adjacent to an activating group) is 2. The molecule has 4 saturated heterocycles. The number of rotatable bonds is 33. The highest BCUT2D eigenvalue weighted by atomic mass is 35.5. The number of hydrogen-bond acceptors (Lipinski definition) is 28. The van der Waals surface area contributed by atoms with Crippen LogP contribution in [0.2, 0.25) is 10.0 Å². The first-order valence-corrected chi connectivity index (χ1v) is 47.5. The van der Waals surface area contributed by atoms with Crippen molar-refractivity contribution in [2.75, 3.05) is 96.0 Å². The highest BCUT2D eigenvalue weighted by Crippen LogP contribution is 2.52. The van der Waals surface area contributed by atoms with Crippen molar-refractivity contribution in [1.82, 2.24) is 25.8 Å². The van der Waals surface area contributed by atoms with Crippen molar-refractivity contribution in [3.05, 3.63) is 93.0 Å². The number of ether oxygens (including phenoxy) is 10. The van der Waals surface area contributed by atoms with Gasteiger partial charge in [-0.15, -0.1) is 0 Å². The van der Waals surface area contributed by atoms with Gasteiger partial charge >= 0.3 is 36.1 Å². The van der Waals surface area contributed by atoms with Crippen molar-refractivity contribution in [2.45, 2.75) is 243 Å². The first-order chi connectivity index (χ1) is 59.3. The lowest BCUT2D eigenvalue weighted by Crippen LogP contribution is -2.63. The van der Waals surface area contributed by atoms with Gasteiger partial charge in [-0.2, -0.15) is 0 Å². The number of esters is 2. The maximum absolute atomic E-state index is 14.2. The number of allylic oxidation sites excluding steroid dienone is 6. The van der Waals surface area contributed by atoms with Crippen LogP contribution in [0.3, 0.4) is 0 Å². The van der Waals surface area contributed by atoms with Gasteiger partial charge in [0.05, 0.1) is 63.0 Å². The Morgan fingerprint density at radius 1 is 0.595 bits per heavy atom. The average molecular weight is 1880 g/mol. The number of carboxylic acid groups (broad SMARTS) is 2. The Balaban J connectivity index is 0.000000346. The Hall–Kier alpha value is -7.82. The predicted octanol–water partition coefficient (Wildman–Crippen LogP) is 11.0. The van der Waals surface area contributed by atoms with Gasteiger partial charge in [0.1, 0.15) is 87.2 Å². The molecule has 6 heterocycles. The van der Waals surface area contributed by atoms with Gasteiger partial charge < -0.3 is 92.7 Å². The number of nitrogens with zero attached hydrogens (tertiary/aromatic N) is 4. The molecule has 2 aromatic carbocycles. The number of benzene rings is 2. The first kappa shape index (κ1) is 105. The van der Waals surface area contributed by atoms with E-state index in [-0.39, 0.29) is 84.9 Å². The molecule has 7 N–H and O–H groups in total. The molecule has 0 aromatic heterocycles. The second kappa shape index (κ2) is 47.7. The van der Waals surface area contributed by atoms with E-state index in [2.05, 4.69) is 16.0 Å². The largest absolute Gasteiger partial charge is 0.495 e. The number of carbonyl (C=O) groups is 12. The zero-order valence-corrected chi connectivity index (χ0v) is 79.5. The fourth-order valence-corrected chi connectivity index (χ4v) is 20.0. The molecule has 700 valence electrons. The Morgan fingerprint density at radius 3 is 1.39 bits per heavy atom. The molecule has 126 heavy (non-hydrogen) atoms. The fraction of sp³-hybridized carbons (Fsp3) is 0.632. The summed E-state index contributed by atoms with van der Waals surface area (Å²) >= 11 is 13.6. The molecule has 6 aliphatic rings. The molecule has 7 amide bonds. The van der Waals surface area contributed by atoms with Crippen molar-refractivity contribution < 1.29 is 125 Å². The van der Waals surface area contributed by atoms with Gasteiger partial charge in [-0.3, -0.25) is 49.0 Å². The first-order valence-electron chi connectivity index (χ1n) is 41.7. The van der Waals surface area contributed by atoms with Crippen molar-refractivity contribution in [3.63, 3.8) is 0 Å². The van der Waals surface area contributed by atoms with Gasteiger partial charge in [-0.05, 0) is 109 Å². The normalized spacial score (nSPS) is 28.5. The summed E-state index contributed by atoms with van der Waals surface area (Å²) in [4.78, 5) is 160. The summed E-state index contributed by atoms with van der Waals surface area (Å²) in [6, 6.07) is 5.04. The topological polar surface area (TPSA) is 434 Å². The van der Waals surface area contributed by atoms with E-state index in [1.807, 2.05) is 26.0 Å². The second-order valence-electron chi connectivity index (χ2n) is 33.2. The van der Waals surface area contributed by atoms with E-state index in [9.17, 15) is 67.7 Å². The third-order valence-corrected chi connectivity index (χ3v) is 29.3. The third kappa shape index (κ3) is 28.6. The number of Topliss-reactive ketones (excluding diaryl/α,β-unsaturated/α-hetero) is 1. The molecule has 2 unspecified atom stereocenters. The Labute approximate surface area is 762 Å². The van der Waals surface area contributed by atoms with E-state index in [1.54, 1.807) is 115 Å². The summed E-state index contributed by atoms with van der Waals surface area (Å²) in [6.45, 7) is 17.3. The summed E-state index contributed by atoms with van der Waals surface area (Å²) in [5.74, 6) is -4.81. The standard InChI is InChI=1S/C44H62ClN3O13S2.C43H61ClN4O13S2/c1-25-13-12-15-34(58-9)44(56)24-33(59-42(55)46-44)27(3)39-43(5,61-39)35(23-37(51)48(7)31-21-29(19-25)22-32(57-8)38(31)45)60-41(54)28(4)47(6)36(50)16-18-63-62-17-11-10-14-30(49)20-26(2)40(52)53;1-24-12-10-13-32(58-9)43(56)23-31(59-41(55)46-43)26(3)38-42(5,61-38)33(22-35(50)48(7)29-20-28(18-24)21-30(57-8)37(29)44)60-40(54)27(4)47(6)34(49)14-17-63-62-16-11-15-45-39(53)25(2)19-36(51)52/h12-13,15,21-22,26-28,33-35,39,56H,10-11,14,16-20,23-24H2,1-9H3,(H,46,55)(H,52,53);10,12-13,20-21,25-27,31-33,38,56H,11,14-19,22-23H2,1-9H3,(H,45,53)(H,46,55)(H,51,52)/b15-12+,25-13+;13-10+,24-12+/t26?,27-,28+,33+,34-,35+,39-,43+,44+;25?,26-,27+,31+,32-,33+,38-,42+,43+/m11/s1. The van der Waals surface area contributed by atoms with Gasteiger partial charge in [0.15, 0.2) is 11.4 Å². The van der Waals surface area contributed by atoms with E-state index in [0.717, 1.165) is 34.4 Å². The third-order valence-electron chi connectivity index (χ3n) is 23.5. The number of amides is 7. The minimum atomic E-state index is -1.86. The molecule has 0 radical (unpaired) electrons. The number of methoxy groups -OCH3 is 4. The molecule has 6 aliphatic heterocycles. The van der Waals surface area contributed by atoms with Gasteiger partial charge in [-0.25, -0.2) is 19.2 Å². The van der Waals surface area contributed by atoms with E-state index < -0.39 is 155 Å². The van der Waals surface area contributed by atoms with Crippen LogP contribution >= 0.6 is 66.4 Å². The van der Waals surface area contributed by atoms with Crippen LogP contribution in [0.1, 0.15) is 157 Å². The number of aliphatic carboxylic acids is 2. The molecule has 8 rings (SSSR count). The van der Waals surface area contributed by atoms with Crippen molar-refractivity contribution >= 4 is 149 Å².